The van der Waals surface area contributed by atoms with E-state index in [0.717, 1.165) is 48.6 Å². The van der Waals surface area contributed by atoms with E-state index in [4.69, 9.17) is 4.74 Å². The molecule has 2 heterocycles. The van der Waals surface area contributed by atoms with Crippen LogP contribution in [0.1, 0.15) is 32.3 Å². The molecule has 0 bridgehead atoms. The summed E-state index contributed by atoms with van der Waals surface area (Å²) in [6.07, 6.45) is 3.25. The molecule has 0 saturated heterocycles. The lowest BCUT2D eigenvalue weighted by Gasteiger charge is -2.09. The van der Waals surface area contributed by atoms with Crippen LogP contribution in [0.2, 0.25) is 0 Å². The molecule has 1 aromatic carbocycles. The second-order valence-electron chi connectivity index (χ2n) is 5.81. The first-order valence-corrected chi connectivity index (χ1v) is 10.2. The minimum absolute atomic E-state index is 0.0272. The van der Waals surface area contributed by atoms with E-state index in [1.165, 1.54) is 16.9 Å². The highest BCUT2D eigenvalue weighted by atomic mass is 32.2. The maximum Gasteiger partial charge on any atom is 0.238 e. The zero-order valence-electron chi connectivity index (χ0n) is 14.0. The van der Waals surface area contributed by atoms with Gasteiger partial charge in [0.1, 0.15) is 5.75 Å². The molecule has 0 spiro atoms. The van der Waals surface area contributed by atoms with E-state index in [2.05, 4.69) is 23.3 Å². The van der Waals surface area contributed by atoms with E-state index in [9.17, 15) is 4.79 Å². The third-order valence-corrected chi connectivity index (χ3v) is 5.95. The number of fused-ring (bicyclic) bond motifs is 1. The van der Waals surface area contributed by atoms with Gasteiger partial charge in [-0.25, -0.2) is 4.98 Å². The first-order chi connectivity index (χ1) is 11.7. The van der Waals surface area contributed by atoms with Crippen LogP contribution in [-0.2, 0) is 11.2 Å². The van der Waals surface area contributed by atoms with Crippen molar-refractivity contribution < 1.29 is 9.53 Å². The average Bonchev–Trinajstić information content (AvgIpc) is 3.23. The molecule has 4 nitrogen and oxygen atoms in total. The Morgan fingerprint density at radius 3 is 3.21 bits per heavy atom. The molecule has 0 aliphatic carbocycles. The zero-order valence-corrected chi connectivity index (χ0v) is 15.6. The molecule has 1 aromatic heterocycles. The van der Waals surface area contributed by atoms with Gasteiger partial charge in [0.05, 0.1) is 17.6 Å². The summed E-state index contributed by atoms with van der Waals surface area (Å²) >= 11 is 3.16. The lowest BCUT2D eigenvalue weighted by atomic mass is 10.1. The fourth-order valence-electron chi connectivity index (χ4n) is 2.50. The number of ether oxygens (including phenoxy) is 1. The average molecular weight is 363 g/mol. The Kier molecular flexibility index (Phi) is 5.79. The highest BCUT2D eigenvalue weighted by molar-refractivity contribution is 8.00. The second kappa shape index (κ2) is 8.03. The number of aromatic nitrogens is 1. The summed E-state index contributed by atoms with van der Waals surface area (Å²) in [4.78, 5) is 16.8. The number of benzene rings is 1. The monoisotopic (exact) mass is 362 g/mol. The van der Waals surface area contributed by atoms with Gasteiger partial charge in [-0.3, -0.25) is 4.79 Å². The van der Waals surface area contributed by atoms with Crippen LogP contribution in [0, 0.1) is 0 Å². The van der Waals surface area contributed by atoms with Crippen molar-refractivity contribution in [3.63, 3.8) is 0 Å². The Bertz CT molecular complexity index is 715. The molecule has 6 heteroatoms. The number of rotatable bonds is 7. The summed E-state index contributed by atoms with van der Waals surface area (Å²) in [6.45, 7) is 4.86. The second-order valence-corrected chi connectivity index (χ2v) is 8.12. The van der Waals surface area contributed by atoms with E-state index in [1.807, 2.05) is 24.4 Å². The van der Waals surface area contributed by atoms with Gasteiger partial charge in [-0.1, -0.05) is 13.3 Å². The summed E-state index contributed by atoms with van der Waals surface area (Å²) in [5.41, 5.74) is 3.20. The normalized spacial score (nSPS) is 14.1. The van der Waals surface area contributed by atoms with E-state index in [0.29, 0.717) is 5.13 Å². The number of hydrogen-bond donors (Lipinski definition) is 1. The van der Waals surface area contributed by atoms with Gasteiger partial charge in [-0.05, 0) is 42.9 Å². The Morgan fingerprint density at radius 2 is 2.38 bits per heavy atom. The molecular formula is C18H22N2O2S2. The summed E-state index contributed by atoms with van der Waals surface area (Å²) in [5.74, 6) is 2.02. The lowest BCUT2D eigenvalue weighted by molar-refractivity contribution is -0.115. The van der Waals surface area contributed by atoms with Crippen LogP contribution in [0.25, 0.3) is 11.3 Å². The van der Waals surface area contributed by atoms with Crippen LogP contribution in [0.3, 0.4) is 0 Å². The smallest absolute Gasteiger partial charge is 0.238 e. The van der Waals surface area contributed by atoms with Crippen molar-refractivity contribution in [2.24, 2.45) is 0 Å². The summed E-state index contributed by atoms with van der Waals surface area (Å²) < 4.78 is 5.54. The van der Waals surface area contributed by atoms with Crippen molar-refractivity contribution in [3.8, 4) is 17.0 Å². The lowest BCUT2D eigenvalue weighted by Crippen LogP contribution is -2.22. The van der Waals surface area contributed by atoms with Crippen LogP contribution < -0.4 is 10.1 Å². The number of unbranched alkanes of at least 4 members (excludes halogenated alkanes) is 1. The summed E-state index contributed by atoms with van der Waals surface area (Å²) in [6, 6.07) is 6.15. The number of nitrogens with one attached hydrogen (secondary N) is 1. The Morgan fingerprint density at radius 1 is 1.50 bits per heavy atom. The highest BCUT2D eigenvalue weighted by Crippen LogP contribution is 2.32. The van der Waals surface area contributed by atoms with Crippen LogP contribution in [0.4, 0.5) is 5.13 Å². The maximum absolute atomic E-state index is 12.2. The van der Waals surface area contributed by atoms with E-state index in [-0.39, 0.29) is 11.2 Å². The van der Waals surface area contributed by atoms with Crippen molar-refractivity contribution in [3.05, 3.63) is 29.1 Å². The number of thioether (sulfide) groups is 1. The van der Waals surface area contributed by atoms with Gasteiger partial charge >= 0.3 is 0 Å². The number of amides is 1. The fourth-order valence-corrected chi connectivity index (χ4v) is 4.24. The third kappa shape index (κ3) is 4.11. The van der Waals surface area contributed by atoms with Gasteiger partial charge in [-0.15, -0.1) is 23.1 Å². The van der Waals surface area contributed by atoms with Crippen LogP contribution in [0.5, 0.6) is 5.75 Å². The topological polar surface area (TPSA) is 51.2 Å². The molecule has 0 saturated carbocycles. The van der Waals surface area contributed by atoms with E-state index < -0.39 is 0 Å². The highest BCUT2D eigenvalue weighted by Gasteiger charge is 2.16. The van der Waals surface area contributed by atoms with Gasteiger partial charge in [-0.2, -0.15) is 0 Å². The minimum atomic E-state index is -0.0546. The number of nitrogens with zero attached hydrogens (tertiary/aromatic N) is 1. The molecule has 0 radical (unpaired) electrons. The predicted octanol–water partition coefficient (Wildman–Crippen LogP) is 4.61. The number of thiazole rings is 1. The molecule has 2 aromatic rings. The molecule has 24 heavy (non-hydrogen) atoms. The van der Waals surface area contributed by atoms with E-state index in [1.54, 1.807) is 11.8 Å². The molecule has 1 unspecified atom stereocenters. The van der Waals surface area contributed by atoms with Crippen molar-refractivity contribution >= 4 is 34.1 Å². The molecule has 128 valence electrons. The molecule has 1 N–H and O–H groups in total. The van der Waals surface area contributed by atoms with Crippen molar-refractivity contribution in [2.45, 2.75) is 38.4 Å². The first kappa shape index (κ1) is 17.3. The van der Waals surface area contributed by atoms with Crippen LogP contribution >= 0.6 is 23.1 Å². The Labute approximate surface area is 151 Å². The van der Waals surface area contributed by atoms with Gasteiger partial charge in [0.2, 0.25) is 5.91 Å². The zero-order chi connectivity index (χ0) is 16.9. The molecule has 0 fully saturated rings. The number of anilines is 1. The number of carbonyl (C=O) groups excluding carboxylic acids is 1. The molecule has 1 aliphatic heterocycles. The third-order valence-electron chi connectivity index (χ3n) is 3.95. The molecule has 1 atom stereocenters. The van der Waals surface area contributed by atoms with Gasteiger partial charge in [0.15, 0.2) is 5.13 Å². The largest absolute Gasteiger partial charge is 0.493 e. The van der Waals surface area contributed by atoms with Crippen LogP contribution in [-0.4, -0.2) is 28.5 Å². The molecule has 3 rings (SSSR count). The first-order valence-electron chi connectivity index (χ1n) is 8.31. The summed E-state index contributed by atoms with van der Waals surface area (Å²) in [5, 5.41) is 5.53. The fraction of sp³-hybridized carbons (Fsp3) is 0.444. The van der Waals surface area contributed by atoms with Crippen LogP contribution in [0.15, 0.2) is 23.6 Å². The van der Waals surface area contributed by atoms with Gasteiger partial charge in [0.25, 0.3) is 0 Å². The van der Waals surface area contributed by atoms with E-state index >= 15 is 0 Å². The molecule has 1 aliphatic rings. The summed E-state index contributed by atoms with van der Waals surface area (Å²) in [7, 11) is 0. The number of hydrogen-bond acceptors (Lipinski definition) is 5. The van der Waals surface area contributed by atoms with Crippen molar-refractivity contribution in [1.82, 2.24) is 4.98 Å². The quantitative estimate of drug-likeness (QED) is 0.731. The molecular weight excluding hydrogens is 340 g/mol. The standard InChI is InChI=1S/C18H22N2O2S2/c1-3-4-9-23-12(2)17(21)20-18-19-15(11-24-18)13-5-6-16-14(10-13)7-8-22-16/h5-6,10-12H,3-4,7-9H2,1-2H3,(H,19,20,21). The van der Waals surface area contributed by atoms with Crippen molar-refractivity contribution in [1.29, 1.82) is 0 Å². The van der Waals surface area contributed by atoms with Crippen molar-refractivity contribution in [2.75, 3.05) is 17.7 Å². The van der Waals surface area contributed by atoms with Gasteiger partial charge < -0.3 is 10.1 Å². The number of carbonyl (C=O) groups is 1. The van der Waals surface area contributed by atoms with Gasteiger partial charge in [0, 0.05) is 17.4 Å². The Balaban J connectivity index is 1.62. The predicted molar refractivity (Wildman–Crippen MR) is 102 cm³/mol. The minimum Gasteiger partial charge on any atom is -0.493 e. The Hall–Kier alpha value is -1.53. The maximum atomic E-state index is 12.2. The molecule has 1 amide bonds. The SMILES string of the molecule is CCCCSC(C)C(=O)Nc1nc(-c2ccc3c(c2)CCO3)cs1.